The van der Waals surface area contributed by atoms with Gasteiger partial charge in [0.25, 0.3) is 0 Å². The van der Waals surface area contributed by atoms with Crippen LogP contribution in [0.5, 0.6) is 0 Å². The Morgan fingerprint density at radius 2 is 1.17 bits per heavy atom. The van der Waals surface area contributed by atoms with E-state index in [9.17, 15) is 0 Å². The second kappa shape index (κ2) is 21.7. The molecule has 0 radical (unpaired) electrons. The van der Waals surface area contributed by atoms with E-state index in [1.165, 1.54) is 44.5 Å². The summed E-state index contributed by atoms with van der Waals surface area (Å²) in [4.78, 5) is 19.1. The summed E-state index contributed by atoms with van der Waals surface area (Å²) >= 11 is 0. The summed E-state index contributed by atoms with van der Waals surface area (Å²) in [5.74, 6) is 0.886. The molecular formula is C68H49IrN6. The van der Waals surface area contributed by atoms with Crippen LogP contribution in [-0.2, 0) is 32.9 Å². The number of benzene rings is 8. The number of nitrogens with zero attached hydrogens (tertiary/aromatic N) is 6. The van der Waals surface area contributed by atoms with Crippen LogP contribution in [0.3, 0.4) is 0 Å². The molecule has 0 N–H and O–H groups in total. The van der Waals surface area contributed by atoms with Crippen molar-refractivity contribution in [1.29, 1.82) is 0 Å². The maximum atomic E-state index is 5.26. The van der Waals surface area contributed by atoms with Gasteiger partial charge in [0.2, 0.25) is 5.78 Å². The number of imidazole rings is 2. The Morgan fingerprint density at radius 1 is 0.453 bits per heavy atom. The number of hydrogen-bond donors (Lipinski definition) is 0. The van der Waals surface area contributed by atoms with Crippen LogP contribution in [0.2, 0.25) is 0 Å². The average Bonchev–Trinajstić information content (AvgIpc) is 4.07. The first-order chi connectivity index (χ1) is 36.5. The molecule has 5 heterocycles. The Morgan fingerprint density at radius 3 is 1.93 bits per heavy atom. The van der Waals surface area contributed by atoms with E-state index in [0.717, 1.165) is 91.3 Å². The number of rotatable bonds is 10. The van der Waals surface area contributed by atoms with E-state index < -0.39 is 0 Å². The fourth-order valence-corrected chi connectivity index (χ4v) is 10.3. The third kappa shape index (κ3) is 9.87. The Hall–Kier alpha value is -8.87. The zero-order valence-electron chi connectivity index (χ0n) is 41.4. The first-order valence-corrected chi connectivity index (χ1v) is 25.0. The molecule has 0 fully saturated rings. The summed E-state index contributed by atoms with van der Waals surface area (Å²) in [7, 11) is 0. The number of aromatic nitrogens is 6. The molecule has 0 unspecified atom stereocenters. The minimum Gasteiger partial charge on any atom is -0.305 e. The third-order valence-electron chi connectivity index (χ3n) is 13.7. The Kier molecular flexibility index (Phi) is 14.0. The summed E-state index contributed by atoms with van der Waals surface area (Å²) in [5.41, 5.74) is 23.4. The molecular weight excluding hydrogens is 1090 g/mol. The standard InChI is InChI=1S/C43H29N5.C25H20N.Ir/c1-3-12-31(13-4-1)41-32(16-11-27-45-41)24-22-30-23-25-39-40(28-30)48-42-36(33-14-9-15-34(29-33)37-20-7-8-26-44-37)19-10-21-38(42)46-43(48)47(39)35-17-5-2-6-18-35;1-18-15-23(20-9-5-3-6-10-20)16-19(2)25(18)22-13-14-26-24(17-22)21-11-7-4-8-12-21;/h1-12,14,16-21,23,25-29H,22,24H2;3-11,13-17H,1-2H3;/q-2;-1;+3. The topological polar surface area (TPSA) is 60.9 Å². The molecule has 0 spiro atoms. The summed E-state index contributed by atoms with van der Waals surface area (Å²) in [6, 6.07) is 85.5. The summed E-state index contributed by atoms with van der Waals surface area (Å²) in [6.45, 7) is 4.37. The van der Waals surface area contributed by atoms with E-state index in [1.807, 2.05) is 91.4 Å². The van der Waals surface area contributed by atoms with Crippen LogP contribution in [0.15, 0.2) is 237 Å². The van der Waals surface area contributed by atoms with Crippen molar-refractivity contribution in [3.63, 3.8) is 0 Å². The number of pyridine rings is 3. The summed E-state index contributed by atoms with van der Waals surface area (Å²) < 4.78 is 4.60. The molecule has 7 heteroatoms. The van der Waals surface area contributed by atoms with Crippen LogP contribution in [0.1, 0.15) is 22.3 Å². The van der Waals surface area contributed by atoms with E-state index in [0.29, 0.717) is 0 Å². The zero-order valence-corrected chi connectivity index (χ0v) is 43.8. The second-order valence-electron chi connectivity index (χ2n) is 18.5. The molecule has 0 saturated carbocycles. The minimum atomic E-state index is 0. The van der Waals surface area contributed by atoms with Crippen molar-refractivity contribution in [2.45, 2.75) is 26.7 Å². The van der Waals surface area contributed by atoms with Crippen LogP contribution >= 0.6 is 0 Å². The smallest absolute Gasteiger partial charge is 0.305 e. The SMILES string of the molecule is Cc1cc(-c2ccccc2)cc(C)c1-c1ccnc(-c2[c-]cccc2)c1.[Ir+3].[c-]1ccc(-c2cccc3nc4n(-c5ccccc5)c5ccc(CCc6cccnc6-c6[c-]cccc6)cc5n4c23)cc1-c1ccccn1. The quantitative estimate of drug-likeness (QED) is 0.128. The molecule has 0 aliphatic rings. The first kappa shape index (κ1) is 48.4. The predicted molar refractivity (Wildman–Crippen MR) is 302 cm³/mol. The maximum Gasteiger partial charge on any atom is 3.00 e. The Balaban J connectivity index is 0.000000189. The van der Waals surface area contributed by atoms with E-state index in [-0.39, 0.29) is 20.1 Å². The van der Waals surface area contributed by atoms with E-state index >= 15 is 0 Å². The largest absolute Gasteiger partial charge is 3.00 e. The van der Waals surface area contributed by atoms with Gasteiger partial charge in [0, 0.05) is 24.3 Å². The van der Waals surface area contributed by atoms with Gasteiger partial charge in [-0.25, -0.2) is 4.98 Å². The van der Waals surface area contributed by atoms with Crippen LogP contribution in [0, 0.1) is 32.0 Å². The number of fused-ring (bicyclic) bond motifs is 5. The average molecular weight is 1140 g/mol. The van der Waals surface area contributed by atoms with E-state index in [1.54, 1.807) is 0 Å². The fourth-order valence-electron chi connectivity index (χ4n) is 10.3. The fraction of sp³-hybridized carbons (Fsp3) is 0.0588. The van der Waals surface area contributed by atoms with Gasteiger partial charge in [-0.1, -0.05) is 114 Å². The molecule has 5 aromatic heterocycles. The van der Waals surface area contributed by atoms with Gasteiger partial charge in [0.1, 0.15) is 0 Å². The van der Waals surface area contributed by atoms with Crippen LogP contribution < -0.4 is 0 Å². The molecule has 0 aliphatic carbocycles. The third-order valence-corrected chi connectivity index (χ3v) is 13.7. The molecule has 0 saturated heterocycles. The van der Waals surface area contributed by atoms with Crippen molar-refractivity contribution in [1.82, 2.24) is 28.9 Å². The van der Waals surface area contributed by atoms with E-state index in [2.05, 4.69) is 197 Å². The molecule has 6 nitrogen and oxygen atoms in total. The molecule has 75 heavy (non-hydrogen) atoms. The van der Waals surface area contributed by atoms with Gasteiger partial charge in [0.05, 0.1) is 22.1 Å². The van der Waals surface area contributed by atoms with Crippen molar-refractivity contribution in [2.75, 3.05) is 0 Å². The van der Waals surface area contributed by atoms with Gasteiger partial charge in [-0.15, -0.1) is 102 Å². The van der Waals surface area contributed by atoms with Crippen molar-refractivity contribution in [3.05, 3.63) is 277 Å². The van der Waals surface area contributed by atoms with Gasteiger partial charge < -0.3 is 15.0 Å². The van der Waals surface area contributed by atoms with Crippen LogP contribution in [-0.4, -0.2) is 28.9 Å². The first-order valence-electron chi connectivity index (χ1n) is 25.0. The molecule has 360 valence electrons. The van der Waals surface area contributed by atoms with Gasteiger partial charge >= 0.3 is 20.1 Å². The molecule has 13 rings (SSSR count). The maximum absolute atomic E-state index is 5.26. The minimum absolute atomic E-state index is 0. The van der Waals surface area contributed by atoms with Crippen LogP contribution in [0.25, 0.3) is 101 Å². The Labute approximate surface area is 451 Å². The number of aryl methyl sites for hydroxylation is 4. The number of hydrogen-bond acceptors (Lipinski definition) is 4. The molecule has 0 aliphatic heterocycles. The van der Waals surface area contributed by atoms with Gasteiger partial charge in [-0.05, 0) is 137 Å². The van der Waals surface area contributed by atoms with E-state index in [4.69, 9.17) is 9.97 Å². The van der Waals surface area contributed by atoms with Crippen LogP contribution in [0.4, 0.5) is 0 Å². The molecule has 0 bridgehead atoms. The molecule has 0 amide bonds. The van der Waals surface area contributed by atoms with Crippen molar-refractivity contribution in [2.24, 2.45) is 0 Å². The van der Waals surface area contributed by atoms with Gasteiger partial charge in [-0.3, -0.25) is 8.97 Å². The summed E-state index contributed by atoms with van der Waals surface area (Å²) in [5, 5.41) is 0. The Bertz CT molecular complexity index is 4060. The zero-order chi connectivity index (χ0) is 49.8. The second-order valence-corrected chi connectivity index (χ2v) is 18.5. The van der Waals surface area contributed by atoms with Crippen molar-refractivity contribution >= 4 is 27.8 Å². The molecule has 0 atom stereocenters. The monoisotopic (exact) mass is 1140 g/mol. The van der Waals surface area contributed by atoms with Gasteiger partial charge in [0.15, 0.2) is 0 Å². The summed E-state index contributed by atoms with van der Waals surface area (Å²) in [6.07, 6.45) is 7.31. The van der Waals surface area contributed by atoms with Crippen molar-refractivity contribution in [3.8, 4) is 72.8 Å². The predicted octanol–water partition coefficient (Wildman–Crippen LogP) is 16.1. The molecule has 8 aromatic carbocycles. The van der Waals surface area contributed by atoms with Crippen molar-refractivity contribution < 1.29 is 20.1 Å². The molecule has 13 aromatic rings. The number of para-hydroxylation sites is 2. The van der Waals surface area contributed by atoms with Gasteiger partial charge in [-0.2, -0.15) is 0 Å². The normalized spacial score (nSPS) is 11.1.